The zero-order valence-corrected chi connectivity index (χ0v) is 32.0. The van der Waals surface area contributed by atoms with E-state index in [0.29, 0.717) is 30.8 Å². The zero-order chi connectivity index (χ0) is 35.8. The van der Waals surface area contributed by atoms with Gasteiger partial charge in [-0.3, -0.25) is 4.79 Å². The molecule has 1 aromatic heterocycles. The highest BCUT2D eigenvalue weighted by molar-refractivity contribution is 7.91. The van der Waals surface area contributed by atoms with Crippen molar-refractivity contribution < 1.29 is 22.4 Å². The van der Waals surface area contributed by atoms with E-state index < -0.39 is 24.3 Å². The van der Waals surface area contributed by atoms with Gasteiger partial charge in [0.1, 0.15) is 17.3 Å². The van der Waals surface area contributed by atoms with Crippen LogP contribution < -0.4 is 15.8 Å². The molecule has 49 heavy (non-hydrogen) atoms. The molecule has 1 heterocycles. The molecule has 4 N–H and O–H groups in total. The van der Waals surface area contributed by atoms with E-state index in [-0.39, 0.29) is 34.9 Å². The summed E-state index contributed by atoms with van der Waals surface area (Å²) < 4.78 is 39.4. The third-order valence-corrected chi connectivity index (χ3v) is 15.5. The molecule has 0 saturated heterocycles. The number of sulfone groups is 1. The van der Waals surface area contributed by atoms with Crippen LogP contribution in [0, 0.1) is 0 Å². The van der Waals surface area contributed by atoms with Crippen molar-refractivity contribution in [2.75, 3.05) is 31.6 Å². The van der Waals surface area contributed by atoms with Gasteiger partial charge in [0, 0.05) is 60.2 Å². The van der Waals surface area contributed by atoms with E-state index in [2.05, 4.69) is 38.0 Å². The molecule has 0 saturated carbocycles. The Labute approximate surface area is 293 Å². The summed E-state index contributed by atoms with van der Waals surface area (Å²) in [6, 6.07) is 21.9. The second-order valence-electron chi connectivity index (χ2n) is 12.9. The van der Waals surface area contributed by atoms with Crippen molar-refractivity contribution >= 4 is 40.7 Å². The first-order chi connectivity index (χ1) is 23.4. The maximum absolute atomic E-state index is 13.2. The molecule has 0 fully saturated rings. The highest BCUT2D eigenvalue weighted by atomic mass is 32.2. The number of ether oxygens (including phenoxy) is 1. The van der Waals surface area contributed by atoms with Crippen LogP contribution in [-0.4, -0.2) is 64.5 Å². The van der Waals surface area contributed by atoms with Gasteiger partial charge < -0.3 is 30.1 Å². The van der Waals surface area contributed by atoms with Crippen LogP contribution in [0.3, 0.4) is 0 Å². The van der Waals surface area contributed by atoms with E-state index >= 15 is 0 Å². The van der Waals surface area contributed by atoms with E-state index in [0.717, 1.165) is 46.6 Å². The largest absolute Gasteiger partial charge is 0.487 e. The minimum absolute atomic E-state index is 0.00280. The van der Waals surface area contributed by atoms with Crippen molar-refractivity contribution in [1.82, 2.24) is 15.2 Å². The number of anilines is 1. The van der Waals surface area contributed by atoms with E-state index in [9.17, 15) is 13.2 Å². The van der Waals surface area contributed by atoms with Gasteiger partial charge in [-0.25, -0.2) is 8.42 Å². The molecule has 0 aliphatic carbocycles. The Kier molecular flexibility index (Phi) is 13.1. The minimum Gasteiger partial charge on any atom is -0.487 e. The lowest BCUT2D eigenvalue weighted by Gasteiger charge is -2.35. The van der Waals surface area contributed by atoms with Crippen molar-refractivity contribution in [3.8, 4) is 5.75 Å². The van der Waals surface area contributed by atoms with Crippen LogP contribution in [0.4, 0.5) is 5.69 Å². The van der Waals surface area contributed by atoms with E-state index in [1.165, 1.54) is 6.26 Å². The molecule has 9 nitrogen and oxygen atoms in total. The fourth-order valence-corrected chi connectivity index (χ4v) is 10.3. The number of nitrogens with two attached hydrogens (primary N) is 1. The fourth-order valence-electron chi connectivity index (χ4n) is 6.52. The smallest absolute Gasteiger partial charge is 0.253 e. The number of carbonyl (C=O) groups excluding carboxylic acids is 1. The molecular weight excluding hydrogens is 653 g/mol. The molecule has 0 aliphatic heterocycles. The molecule has 0 unspecified atom stereocenters. The number of nitrogens with one attached hydrogen (secondary N) is 2. The predicted molar refractivity (Wildman–Crippen MR) is 202 cm³/mol. The molecule has 4 aromatic rings. The van der Waals surface area contributed by atoms with E-state index in [1.54, 1.807) is 6.07 Å². The average Bonchev–Trinajstić information content (AvgIpc) is 3.50. The first kappa shape index (κ1) is 38.2. The standard InChI is InChI=1S/C38H54N4O5SSi/c1-8-42(9-2)38(43)29-18-19-31-30(24-41-33(31)23-29)22-27(6)40-25-35(47-49(10-3,11-4)12-5)32-20-21-34(37(36(32)39)48(7,44)45)46-26-28-16-14-13-15-17-28/h13-21,23-24,27,35,40-41H,8-12,22,25-26,39H2,1-7H3/t27-,35+/m1/s1. The lowest BCUT2D eigenvalue weighted by Crippen LogP contribution is -2.41. The van der Waals surface area contributed by atoms with E-state index in [4.69, 9.17) is 14.9 Å². The number of benzene rings is 3. The number of hydrogen-bond donors (Lipinski definition) is 3. The van der Waals surface area contributed by atoms with Crippen LogP contribution in [-0.2, 0) is 27.3 Å². The van der Waals surface area contributed by atoms with Crippen LogP contribution in [0.15, 0.2) is 71.8 Å². The highest BCUT2D eigenvalue weighted by Gasteiger charge is 2.35. The molecule has 4 rings (SSSR count). The summed E-state index contributed by atoms with van der Waals surface area (Å²) in [4.78, 5) is 18.1. The fraction of sp³-hybridized carbons (Fsp3) is 0.447. The number of aromatic nitrogens is 1. The third-order valence-electron chi connectivity index (χ3n) is 9.72. The Balaban J connectivity index is 1.59. The maximum atomic E-state index is 13.2. The van der Waals surface area contributed by atoms with Crippen LogP contribution >= 0.6 is 0 Å². The van der Waals surface area contributed by atoms with Gasteiger partial charge in [0.15, 0.2) is 18.2 Å². The van der Waals surface area contributed by atoms with Gasteiger partial charge in [-0.15, -0.1) is 0 Å². The van der Waals surface area contributed by atoms with Gasteiger partial charge in [0.2, 0.25) is 0 Å². The van der Waals surface area contributed by atoms with Crippen LogP contribution in [0.25, 0.3) is 10.9 Å². The first-order valence-electron chi connectivity index (χ1n) is 17.5. The first-order valence-corrected chi connectivity index (χ1v) is 21.9. The van der Waals surface area contributed by atoms with Gasteiger partial charge >= 0.3 is 0 Å². The summed E-state index contributed by atoms with van der Waals surface area (Å²) in [7, 11) is -5.86. The van der Waals surface area contributed by atoms with Gasteiger partial charge in [-0.2, -0.15) is 0 Å². The zero-order valence-electron chi connectivity index (χ0n) is 30.1. The van der Waals surface area contributed by atoms with Gasteiger partial charge in [-0.1, -0.05) is 63.2 Å². The van der Waals surface area contributed by atoms with Crippen molar-refractivity contribution in [3.05, 3.63) is 89.1 Å². The number of aromatic amines is 1. The van der Waals surface area contributed by atoms with Gasteiger partial charge in [0.05, 0.1) is 11.8 Å². The van der Waals surface area contributed by atoms with Crippen LogP contribution in [0.5, 0.6) is 5.75 Å². The molecule has 0 aliphatic rings. The molecular formula is C38H54N4O5SSi. The van der Waals surface area contributed by atoms with Crippen molar-refractivity contribution in [2.45, 2.75) is 89.7 Å². The topological polar surface area (TPSA) is 127 Å². The SMILES string of the molecule is CCN(CC)C(=O)c1ccc2c(C[C@@H](C)NC[C@H](O[Si](CC)(CC)CC)c3ccc(OCc4ccccc4)c(S(C)(=O)=O)c3N)c[nH]c2c1. The molecule has 1 amide bonds. The summed E-state index contributed by atoms with van der Waals surface area (Å²) in [5, 5.41) is 4.76. The molecule has 2 atom stereocenters. The lowest BCUT2D eigenvalue weighted by atomic mass is 10.0. The molecule has 0 bridgehead atoms. The summed E-state index contributed by atoms with van der Waals surface area (Å²) in [5.74, 6) is 0.267. The Morgan fingerprint density at radius 3 is 2.27 bits per heavy atom. The number of rotatable bonds is 18. The molecule has 0 spiro atoms. The molecule has 11 heteroatoms. The number of nitrogen functional groups attached to an aromatic ring is 1. The Morgan fingerprint density at radius 2 is 1.65 bits per heavy atom. The quantitative estimate of drug-likeness (QED) is 0.0723. The van der Waals surface area contributed by atoms with Crippen LogP contribution in [0.1, 0.15) is 74.7 Å². The number of fused-ring (bicyclic) bond motifs is 1. The number of nitrogens with zero attached hydrogens (tertiary/aromatic N) is 1. The maximum Gasteiger partial charge on any atom is 0.253 e. The Hall–Kier alpha value is -3.64. The molecule has 266 valence electrons. The number of carbonyl (C=O) groups is 1. The summed E-state index contributed by atoms with van der Waals surface area (Å²) in [6.45, 7) is 14.7. The summed E-state index contributed by atoms with van der Waals surface area (Å²) in [5.41, 5.74) is 11.3. The number of amides is 1. The normalized spacial score (nSPS) is 13.4. The third kappa shape index (κ3) is 9.13. The van der Waals surface area contributed by atoms with Gasteiger partial charge in [0.25, 0.3) is 5.91 Å². The monoisotopic (exact) mass is 706 g/mol. The van der Waals surface area contributed by atoms with Gasteiger partial charge in [-0.05, 0) is 74.7 Å². The summed E-state index contributed by atoms with van der Waals surface area (Å²) in [6.07, 6.45) is 3.47. The van der Waals surface area contributed by atoms with E-state index in [1.807, 2.05) is 79.5 Å². The highest BCUT2D eigenvalue weighted by Crippen LogP contribution is 2.39. The minimum atomic E-state index is -3.73. The van der Waals surface area contributed by atoms with Crippen molar-refractivity contribution in [3.63, 3.8) is 0 Å². The number of hydrogen-bond acceptors (Lipinski definition) is 7. The molecule has 0 radical (unpaired) electrons. The number of H-pyrrole nitrogens is 1. The molecule has 3 aromatic carbocycles. The summed E-state index contributed by atoms with van der Waals surface area (Å²) >= 11 is 0. The second kappa shape index (κ2) is 16.8. The lowest BCUT2D eigenvalue weighted by molar-refractivity contribution is 0.0773. The predicted octanol–water partition coefficient (Wildman–Crippen LogP) is 7.50. The second-order valence-corrected chi connectivity index (χ2v) is 19.5. The average molecular weight is 707 g/mol. The van der Waals surface area contributed by atoms with Crippen LogP contribution in [0.2, 0.25) is 18.1 Å². The Morgan fingerprint density at radius 1 is 0.980 bits per heavy atom. The van der Waals surface area contributed by atoms with Crippen molar-refractivity contribution in [2.24, 2.45) is 0 Å². The Bertz CT molecular complexity index is 1800. The van der Waals surface area contributed by atoms with Crippen molar-refractivity contribution in [1.29, 1.82) is 0 Å².